The van der Waals surface area contributed by atoms with Gasteiger partial charge in [0.15, 0.2) is 5.11 Å². The molecule has 0 heterocycles. The first-order chi connectivity index (χ1) is 13.0. The summed E-state index contributed by atoms with van der Waals surface area (Å²) in [5, 5.41) is 5.98. The normalized spacial score (nSPS) is 10.3. The van der Waals surface area contributed by atoms with E-state index < -0.39 is 0 Å². The number of rotatable bonds is 8. The minimum absolute atomic E-state index is 0.262. The van der Waals surface area contributed by atoms with Crippen LogP contribution in [0.4, 0.5) is 5.69 Å². The lowest BCUT2D eigenvalue weighted by molar-refractivity contribution is 0.0977. The van der Waals surface area contributed by atoms with Gasteiger partial charge in [-0.1, -0.05) is 38.3 Å². The van der Waals surface area contributed by atoms with Gasteiger partial charge in [0, 0.05) is 11.3 Å². The van der Waals surface area contributed by atoms with Crippen LogP contribution in [0.5, 0.6) is 5.75 Å². The highest BCUT2D eigenvalue weighted by atomic mass is 79.9. The maximum absolute atomic E-state index is 12.4. The summed E-state index contributed by atoms with van der Waals surface area (Å²) in [6.45, 7) is 4.86. The third-order valence-corrected chi connectivity index (χ3v) is 4.78. The molecule has 0 atom stereocenters. The van der Waals surface area contributed by atoms with Gasteiger partial charge >= 0.3 is 0 Å². The number of thiocarbonyl (C=S) groups is 1. The van der Waals surface area contributed by atoms with Crippen molar-refractivity contribution in [1.82, 2.24) is 5.32 Å². The van der Waals surface area contributed by atoms with Crippen LogP contribution < -0.4 is 15.4 Å². The first kappa shape index (κ1) is 21.4. The molecular formula is C21H25BrN2O2S. The second-order valence-electron chi connectivity index (χ2n) is 6.33. The van der Waals surface area contributed by atoms with Crippen molar-refractivity contribution < 1.29 is 9.53 Å². The maximum Gasteiger partial charge on any atom is 0.257 e. The number of carbonyl (C=O) groups excluding carboxylic acids is 1. The van der Waals surface area contributed by atoms with Crippen molar-refractivity contribution in [2.24, 2.45) is 0 Å². The number of anilines is 1. The first-order valence-electron chi connectivity index (χ1n) is 9.11. The summed E-state index contributed by atoms with van der Waals surface area (Å²) >= 11 is 8.70. The molecule has 0 saturated carbocycles. The molecule has 2 aromatic carbocycles. The zero-order valence-corrected chi connectivity index (χ0v) is 18.1. The van der Waals surface area contributed by atoms with Crippen LogP contribution in [0, 0.1) is 6.92 Å². The van der Waals surface area contributed by atoms with Gasteiger partial charge in [-0.2, -0.15) is 0 Å². The summed E-state index contributed by atoms with van der Waals surface area (Å²) in [7, 11) is 0. The number of unbranched alkanes of at least 4 members (excludes halogenated alkanes) is 3. The Morgan fingerprint density at radius 1 is 1.15 bits per heavy atom. The number of aryl methyl sites for hydroxylation is 1. The van der Waals surface area contributed by atoms with Gasteiger partial charge in [0.05, 0.1) is 11.1 Å². The molecule has 0 aliphatic heterocycles. The highest BCUT2D eigenvalue weighted by Crippen LogP contribution is 2.26. The second kappa shape index (κ2) is 11.0. The molecule has 0 aromatic heterocycles. The lowest BCUT2D eigenvalue weighted by Crippen LogP contribution is -2.34. The van der Waals surface area contributed by atoms with Gasteiger partial charge in [-0.05, 0) is 77.4 Å². The molecule has 0 radical (unpaired) electrons. The standard InChI is InChI=1S/C21H25BrN2O2S/c1-3-4-5-6-12-26-19-11-10-16(14-18(19)22)20(25)24-21(27)23-17-9-7-8-15(2)13-17/h7-11,13-14H,3-6,12H2,1-2H3,(H2,23,24,25,27). The van der Waals surface area contributed by atoms with E-state index in [1.54, 1.807) is 18.2 Å². The Kier molecular flexibility index (Phi) is 8.75. The first-order valence-corrected chi connectivity index (χ1v) is 10.3. The van der Waals surface area contributed by atoms with Gasteiger partial charge in [-0.3, -0.25) is 10.1 Å². The van der Waals surface area contributed by atoms with E-state index in [4.69, 9.17) is 17.0 Å². The number of amides is 1. The van der Waals surface area contributed by atoms with E-state index in [0.29, 0.717) is 12.2 Å². The van der Waals surface area contributed by atoms with Crippen molar-refractivity contribution >= 4 is 44.9 Å². The van der Waals surface area contributed by atoms with Crippen LogP contribution in [0.2, 0.25) is 0 Å². The summed E-state index contributed by atoms with van der Waals surface area (Å²) in [5.41, 5.74) is 2.46. The van der Waals surface area contributed by atoms with Crippen molar-refractivity contribution in [2.45, 2.75) is 39.5 Å². The van der Waals surface area contributed by atoms with Crippen molar-refractivity contribution in [1.29, 1.82) is 0 Å². The van der Waals surface area contributed by atoms with Crippen LogP contribution >= 0.6 is 28.1 Å². The lowest BCUT2D eigenvalue weighted by Gasteiger charge is -2.12. The predicted octanol–water partition coefficient (Wildman–Crippen LogP) is 5.84. The molecule has 0 aliphatic rings. The fourth-order valence-electron chi connectivity index (χ4n) is 2.53. The number of hydrogen-bond donors (Lipinski definition) is 2. The molecule has 2 N–H and O–H groups in total. The summed E-state index contributed by atoms with van der Waals surface area (Å²) < 4.78 is 6.53. The zero-order chi connectivity index (χ0) is 19.6. The molecule has 0 bridgehead atoms. The van der Waals surface area contributed by atoms with Crippen LogP contribution in [0.25, 0.3) is 0 Å². The summed E-state index contributed by atoms with van der Waals surface area (Å²) in [6, 6.07) is 13.1. The summed E-state index contributed by atoms with van der Waals surface area (Å²) in [5.74, 6) is 0.471. The molecular weight excluding hydrogens is 424 g/mol. The average molecular weight is 449 g/mol. The van der Waals surface area contributed by atoms with Crippen LogP contribution in [0.3, 0.4) is 0 Å². The fraction of sp³-hybridized carbons (Fsp3) is 0.333. The minimum Gasteiger partial charge on any atom is -0.492 e. The number of hydrogen-bond acceptors (Lipinski definition) is 3. The topological polar surface area (TPSA) is 50.4 Å². The van der Waals surface area contributed by atoms with Gasteiger partial charge in [0.25, 0.3) is 5.91 Å². The van der Waals surface area contributed by atoms with Gasteiger partial charge in [-0.25, -0.2) is 0 Å². The van der Waals surface area contributed by atoms with E-state index in [9.17, 15) is 4.79 Å². The highest BCUT2D eigenvalue weighted by molar-refractivity contribution is 9.10. The molecule has 4 nitrogen and oxygen atoms in total. The Balaban J connectivity index is 1.88. The van der Waals surface area contributed by atoms with E-state index in [1.165, 1.54) is 19.3 Å². The third kappa shape index (κ3) is 7.31. The van der Waals surface area contributed by atoms with Crippen LogP contribution in [-0.4, -0.2) is 17.6 Å². The van der Waals surface area contributed by atoms with Gasteiger partial charge < -0.3 is 10.1 Å². The molecule has 0 saturated heterocycles. The fourth-order valence-corrected chi connectivity index (χ4v) is 3.23. The largest absolute Gasteiger partial charge is 0.492 e. The summed E-state index contributed by atoms with van der Waals surface area (Å²) in [6.07, 6.45) is 4.62. The van der Waals surface area contributed by atoms with Crippen LogP contribution in [0.1, 0.15) is 48.5 Å². The molecule has 2 rings (SSSR count). The van der Waals surface area contributed by atoms with Gasteiger partial charge in [-0.15, -0.1) is 0 Å². The molecule has 0 unspecified atom stereocenters. The second-order valence-corrected chi connectivity index (χ2v) is 7.59. The molecule has 2 aromatic rings. The number of ether oxygens (including phenoxy) is 1. The predicted molar refractivity (Wildman–Crippen MR) is 119 cm³/mol. The Labute approximate surface area is 174 Å². The zero-order valence-electron chi connectivity index (χ0n) is 15.7. The average Bonchev–Trinajstić information content (AvgIpc) is 2.62. The molecule has 1 amide bonds. The quantitative estimate of drug-likeness (QED) is 0.393. The van der Waals surface area contributed by atoms with Crippen LogP contribution in [0.15, 0.2) is 46.9 Å². The summed E-state index contributed by atoms with van der Waals surface area (Å²) in [4.78, 5) is 12.4. The molecule has 0 fully saturated rings. The van der Waals surface area contributed by atoms with Crippen LogP contribution in [-0.2, 0) is 0 Å². The maximum atomic E-state index is 12.4. The van der Waals surface area contributed by atoms with Gasteiger partial charge in [0.2, 0.25) is 0 Å². The molecule has 6 heteroatoms. The Morgan fingerprint density at radius 3 is 2.67 bits per heavy atom. The Hall–Kier alpha value is -1.92. The molecule has 0 spiro atoms. The smallest absolute Gasteiger partial charge is 0.257 e. The highest BCUT2D eigenvalue weighted by Gasteiger charge is 2.11. The van der Waals surface area contributed by atoms with Crippen molar-refractivity contribution in [3.63, 3.8) is 0 Å². The van der Waals surface area contributed by atoms with E-state index in [1.807, 2.05) is 31.2 Å². The molecule has 144 valence electrons. The van der Waals surface area contributed by atoms with Gasteiger partial charge in [0.1, 0.15) is 5.75 Å². The van der Waals surface area contributed by atoms with Crippen molar-refractivity contribution in [2.75, 3.05) is 11.9 Å². The van der Waals surface area contributed by atoms with E-state index in [0.717, 1.165) is 27.9 Å². The number of nitrogens with one attached hydrogen (secondary N) is 2. The molecule has 27 heavy (non-hydrogen) atoms. The Bertz CT molecular complexity index is 796. The SMILES string of the molecule is CCCCCCOc1ccc(C(=O)NC(=S)Nc2cccc(C)c2)cc1Br. The third-order valence-electron chi connectivity index (χ3n) is 3.95. The van der Waals surface area contributed by atoms with E-state index in [-0.39, 0.29) is 11.0 Å². The minimum atomic E-state index is -0.268. The van der Waals surface area contributed by atoms with E-state index in [2.05, 4.69) is 33.5 Å². The van der Waals surface area contributed by atoms with Crippen molar-refractivity contribution in [3.05, 3.63) is 58.1 Å². The number of carbonyl (C=O) groups is 1. The molecule has 0 aliphatic carbocycles. The Morgan fingerprint density at radius 2 is 1.96 bits per heavy atom. The van der Waals surface area contributed by atoms with Crippen molar-refractivity contribution in [3.8, 4) is 5.75 Å². The number of halogens is 1. The lowest BCUT2D eigenvalue weighted by atomic mass is 10.2. The number of benzene rings is 2. The monoisotopic (exact) mass is 448 g/mol. The van der Waals surface area contributed by atoms with E-state index >= 15 is 0 Å².